The van der Waals surface area contributed by atoms with Gasteiger partial charge in [-0.05, 0) is 31.0 Å². The van der Waals surface area contributed by atoms with Gasteiger partial charge >= 0.3 is 0 Å². The molecule has 8 heteroatoms. The molecule has 4 rings (SSSR count). The van der Waals surface area contributed by atoms with E-state index < -0.39 is 0 Å². The summed E-state index contributed by atoms with van der Waals surface area (Å²) in [5.41, 5.74) is 13.1. The predicted molar refractivity (Wildman–Crippen MR) is 150 cm³/mol. The molecule has 2 aromatic rings. The molecular weight excluding hydrogens is 504 g/mol. The van der Waals surface area contributed by atoms with E-state index in [0.29, 0.717) is 12.3 Å². The summed E-state index contributed by atoms with van der Waals surface area (Å²) in [7, 11) is 1.90. The first-order valence-corrected chi connectivity index (χ1v) is 12.8. The largest absolute Gasteiger partial charge is 0.397 e. The predicted octanol–water partition coefficient (Wildman–Crippen LogP) is 4.87. The lowest BCUT2D eigenvalue weighted by molar-refractivity contribution is 0.0190. The van der Waals surface area contributed by atoms with Crippen molar-refractivity contribution >= 4 is 44.4 Å². The highest BCUT2D eigenvalue weighted by atomic mass is 79.9. The maximum atomic E-state index is 6.54. The number of nitrogens with one attached hydrogen (secondary N) is 2. The fraction of sp³-hybridized carbons (Fsp3) is 0.370. The van der Waals surface area contributed by atoms with Crippen LogP contribution in [0.15, 0.2) is 60.9 Å². The molecule has 0 bridgehead atoms. The molecule has 2 aliphatic heterocycles. The molecule has 186 valence electrons. The molecule has 2 aliphatic rings. The summed E-state index contributed by atoms with van der Waals surface area (Å²) in [5, 5.41) is 6.90. The molecule has 1 aromatic heterocycles. The molecule has 0 radical (unpaired) electrons. The number of likely N-dealkylation sites (tertiary alicyclic amines) is 1. The smallest absolute Gasteiger partial charge is 0.0928 e. The van der Waals surface area contributed by atoms with Crippen LogP contribution in [0.2, 0.25) is 0 Å². The van der Waals surface area contributed by atoms with Crippen LogP contribution in [-0.4, -0.2) is 66.8 Å². The van der Waals surface area contributed by atoms with E-state index in [4.69, 9.17) is 10.5 Å². The molecule has 2 fully saturated rings. The zero-order chi connectivity index (χ0) is 24.9. The second-order valence-electron chi connectivity index (χ2n) is 9.04. The van der Waals surface area contributed by atoms with E-state index in [1.165, 1.54) is 0 Å². The molecule has 3 heterocycles. The van der Waals surface area contributed by atoms with Crippen molar-refractivity contribution in [3.8, 4) is 0 Å². The number of rotatable bonds is 8. The lowest BCUT2D eigenvalue weighted by atomic mass is 10.0. The number of nitrogens with zero attached hydrogens (tertiary/aromatic N) is 3. The quantitative estimate of drug-likeness (QED) is 0.326. The van der Waals surface area contributed by atoms with E-state index in [0.717, 1.165) is 77.4 Å². The van der Waals surface area contributed by atoms with Gasteiger partial charge in [-0.25, -0.2) is 0 Å². The number of hydrogen-bond acceptors (Lipinski definition) is 7. The molecule has 4 N–H and O–H groups in total. The van der Waals surface area contributed by atoms with Gasteiger partial charge < -0.3 is 30.9 Å². The van der Waals surface area contributed by atoms with Crippen molar-refractivity contribution in [3.05, 3.63) is 72.0 Å². The minimum atomic E-state index is -0.00442. The van der Waals surface area contributed by atoms with E-state index in [1.807, 2.05) is 31.6 Å². The van der Waals surface area contributed by atoms with E-state index in [2.05, 4.69) is 73.2 Å². The second kappa shape index (κ2) is 11.2. The Morgan fingerprint density at radius 3 is 2.74 bits per heavy atom. The zero-order valence-corrected chi connectivity index (χ0v) is 22.0. The van der Waals surface area contributed by atoms with Gasteiger partial charge in [0.15, 0.2) is 0 Å². The highest BCUT2D eigenvalue weighted by Gasteiger charge is 2.26. The van der Waals surface area contributed by atoms with Crippen molar-refractivity contribution in [3.63, 3.8) is 0 Å². The van der Waals surface area contributed by atoms with Crippen LogP contribution in [0.5, 0.6) is 0 Å². The van der Waals surface area contributed by atoms with Crippen molar-refractivity contribution in [1.29, 1.82) is 0 Å². The van der Waals surface area contributed by atoms with Crippen LogP contribution < -0.4 is 16.4 Å². The van der Waals surface area contributed by atoms with Crippen molar-refractivity contribution in [2.24, 2.45) is 0 Å². The molecule has 0 amide bonds. The molecule has 7 nitrogen and oxygen atoms in total. The van der Waals surface area contributed by atoms with E-state index >= 15 is 0 Å². The van der Waals surface area contributed by atoms with Gasteiger partial charge in [0, 0.05) is 78.7 Å². The summed E-state index contributed by atoms with van der Waals surface area (Å²) >= 11 is 3.62. The Balaban J connectivity index is 1.53. The van der Waals surface area contributed by atoms with Crippen LogP contribution in [0.1, 0.15) is 24.0 Å². The number of aromatic nitrogens is 1. The number of ether oxygens (including phenoxy) is 1. The highest BCUT2D eigenvalue weighted by Crippen LogP contribution is 2.36. The van der Waals surface area contributed by atoms with Gasteiger partial charge in [-0.1, -0.05) is 35.2 Å². The first-order valence-electron chi connectivity index (χ1n) is 12.0. The van der Waals surface area contributed by atoms with Crippen molar-refractivity contribution in [1.82, 2.24) is 14.8 Å². The third-order valence-electron chi connectivity index (χ3n) is 6.69. The highest BCUT2D eigenvalue weighted by molar-refractivity contribution is 9.10. The first-order chi connectivity index (χ1) is 16.9. The van der Waals surface area contributed by atoms with Crippen LogP contribution in [0, 0.1) is 0 Å². The van der Waals surface area contributed by atoms with Crippen LogP contribution in [0.3, 0.4) is 0 Å². The number of nitrogens with two attached hydrogens (primary N) is 1. The fourth-order valence-corrected chi connectivity index (χ4v) is 5.19. The van der Waals surface area contributed by atoms with Gasteiger partial charge in [0.1, 0.15) is 0 Å². The number of nitrogen functional groups attached to an aromatic ring is 1. The maximum absolute atomic E-state index is 6.54. The summed E-state index contributed by atoms with van der Waals surface area (Å²) in [5.74, 6) is 0. The van der Waals surface area contributed by atoms with Crippen LogP contribution in [0.4, 0.5) is 17.1 Å². The van der Waals surface area contributed by atoms with Gasteiger partial charge in [0.2, 0.25) is 0 Å². The third-order valence-corrected chi connectivity index (χ3v) is 7.15. The van der Waals surface area contributed by atoms with E-state index in [9.17, 15) is 0 Å². The van der Waals surface area contributed by atoms with Crippen LogP contribution >= 0.6 is 15.9 Å². The minimum absolute atomic E-state index is 0.00442. The molecule has 35 heavy (non-hydrogen) atoms. The number of morpholine rings is 1. The Labute approximate surface area is 216 Å². The van der Waals surface area contributed by atoms with Gasteiger partial charge in [0.05, 0.1) is 29.8 Å². The Kier molecular flexibility index (Phi) is 8.03. The molecule has 1 aromatic carbocycles. The average molecular weight is 540 g/mol. The molecule has 2 unspecified atom stereocenters. The number of piperidine rings is 1. The Morgan fingerprint density at radius 1 is 1.17 bits per heavy atom. The number of hydrogen-bond donors (Lipinski definition) is 3. The Morgan fingerprint density at radius 2 is 1.97 bits per heavy atom. The van der Waals surface area contributed by atoms with Crippen molar-refractivity contribution in [2.75, 3.05) is 56.2 Å². The molecule has 0 aliphatic carbocycles. The Hall–Kier alpha value is -2.97. The lowest BCUT2D eigenvalue weighted by Gasteiger charge is -2.38. The van der Waals surface area contributed by atoms with E-state index in [1.54, 1.807) is 0 Å². The topological polar surface area (TPSA) is 78.7 Å². The summed E-state index contributed by atoms with van der Waals surface area (Å²) in [6, 6.07) is 6.34. The number of halogens is 1. The minimum Gasteiger partial charge on any atom is -0.397 e. The lowest BCUT2D eigenvalue weighted by Crippen LogP contribution is -2.42. The SMILES string of the molecule is C=CC1CN(C(=C)c2cc(Br)cc(N)c2NC2CCCN(C(=C)c3cncc(NC)c3)C2)CCO1. The summed E-state index contributed by atoms with van der Waals surface area (Å²) in [4.78, 5) is 8.93. The standard InChI is InChI=1S/C27H35BrN6O/c1-5-24-17-34(9-10-35-24)19(3)25-12-21(28)13-26(29)27(25)32-22-7-6-8-33(16-22)18(2)20-11-23(30-4)15-31-14-20/h5,11-15,22,24,30,32H,1-3,6-10,16-17,29H2,4H3. The van der Waals surface area contributed by atoms with Crippen LogP contribution in [-0.2, 0) is 4.74 Å². The summed E-state index contributed by atoms with van der Waals surface area (Å²) in [6.07, 6.45) is 7.64. The third kappa shape index (κ3) is 5.82. The molecule has 2 atom stereocenters. The second-order valence-corrected chi connectivity index (χ2v) is 9.96. The van der Waals surface area contributed by atoms with Crippen LogP contribution in [0.25, 0.3) is 11.4 Å². The number of anilines is 3. The maximum Gasteiger partial charge on any atom is 0.0928 e. The molecular formula is C27H35BrN6O. The normalized spacial score (nSPS) is 20.3. The Bertz CT molecular complexity index is 1100. The number of benzene rings is 1. The fourth-order valence-electron chi connectivity index (χ4n) is 4.71. The molecule has 2 saturated heterocycles. The molecule has 0 spiro atoms. The monoisotopic (exact) mass is 538 g/mol. The summed E-state index contributed by atoms with van der Waals surface area (Å²) in [6.45, 7) is 16.7. The molecule has 0 saturated carbocycles. The first kappa shape index (κ1) is 25.1. The summed E-state index contributed by atoms with van der Waals surface area (Å²) < 4.78 is 6.69. The number of pyridine rings is 1. The van der Waals surface area contributed by atoms with Gasteiger partial charge in [-0.15, -0.1) is 6.58 Å². The van der Waals surface area contributed by atoms with Crippen molar-refractivity contribution < 1.29 is 4.74 Å². The average Bonchev–Trinajstić information content (AvgIpc) is 2.89. The van der Waals surface area contributed by atoms with Gasteiger partial charge in [-0.2, -0.15) is 0 Å². The van der Waals surface area contributed by atoms with Gasteiger partial charge in [0.25, 0.3) is 0 Å². The zero-order valence-electron chi connectivity index (χ0n) is 20.4. The van der Waals surface area contributed by atoms with Gasteiger partial charge in [-0.3, -0.25) is 4.98 Å². The van der Waals surface area contributed by atoms with E-state index in [-0.39, 0.29) is 12.1 Å². The van der Waals surface area contributed by atoms with Crippen molar-refractivity contribution in [2.45, 2.75) is 25.0 Å².